The van der Waals surface area contributed by atoms with E-state index in [1.54, 1.807) is 0 Å². The number of ether oxygens (including phenoxy) is 1. The Balaban J connectivity index is 2.51. The fourth-order valence-corrected chi connectivity index (χ4v) is 2.17. The number of piperidine rings is 1. The third kappa shape index (κ3) is 4.64. The van der Waals surface area contributed by atoms with E-state index in [2.05, 4.69) is 24.1 Å². The lowest BCUT2D eigenvalue weighted by atomic mass is 9.82. The Morgan fingerprint density at radius 2 is 1.89 bits per heavy atom. The van der Waals surface area contributed by atoms with Gasteiger partial charge in [-0.15, -0.1) is 0 Å². The van der Waals surface area contributed by atoms with Gasteiger partial charge in [0.05, 0.1) is 7.11 Å². The molecule has 0 radical (unpaired) electrons. The van der Waals surface area contributed by atoms with E-state index in [0.717, 1.165) is 25.9 Å². The zero-order valence-electron chi connectivity index (χ0n) is 11.8. The van der Waals surface area contributed by atoms with Crippen molar-refractivity contribution in [3.63, 3.8) is 0 Å². The van der Waals surface area contributed by atoms with Gasteiger partial charge in [0.15, 0.2) is 0 Å². The Labute approximate surface area is 109 Å². The van der Waals surface area contributed by atoms with Crippen LogP contribution in [0.3, 0.4) is 0 Å². The Morgan fingerprint density at radius 3 is 2.33 bits per heavy atom. The van der Waals surface area contributed by atoms with Crippen LogP contribution < -0.4 is 5.32 Å². The summed E-state index contributed by atoms with van der Waals surface area (Å²) in [5, 5.41) is 2.64. The molecule has 0 aromatic rings. The summed E-state index contributed by atoms with van der Waals surface area (Å²) >= 11 is 0. The zero-order valence-corrected chi connectivity index (χ0v) is 11.8. The van der Waals surface area contributed by atoms with Crippen LogP contribution in [0, 0.1) is 5.41 Å². The molecule has 18 heavy (non-hydrogen) atoms. The van der Waals surface area contributed by atoms with Gasteiger partial charge in [0.2, 0.25) is 5.91 Å². The molecule has 0 aromatic carbocycles. The third-order valence-electron chi connectivity index (χ3n) is 3.51. The number of methoxy groups -OCH3 is 1. The quantitative estimate of drug-likeness (QED) is 0.755. The van der Waals surface area contributed by atoms with Crippen molar-refractivity contribution in [2.24, 2.45) is 5.41 Å². The monoisotopic (exact) mass is 256 g/mol. The van der Waals surface area contributed by atoms with E-state index in [4.69, 9.17) is 4.74 Å². The summed E-state index contributed by atoms with van der Waals surface area (Å²) in [4.78, 5) is 24.9. The minimum atomic E-state index is -0.561. The molecular weight excluding hydrogens is 232 g/mol. The van der Waals surface area contributed by atoms with Crippen LogP contribution in [0.15, 0.2) is 0 Å². The minimum Gasteiger partial charge on any atom is -0.467 e. The molecule has 1 unspecified atom stereocenters. The highest BCUT2D eigenvalue weighted by Gasteiger charge is 2.29. The Morgan fingerprint density at radius 1 is 1.33 bits per heavy atom. The fraction of sp³-hybridized carbons (Fsp3) is 0.846. The average molecular weight is 256 g/mol. The topological polar surface area (TPSA) is 58.6 Å². The number of nitrogens with one attached hydrogen (secondary N) is 1. The van der Waals surface area contributed by atoms with Crippen LogP contribution in [-0.4, -0.2) is 49.6 Å². The summed E-state index contributed by atoms with van der Waals surface area (Å²) in [6.07, 6.45) is 2.22. The number of nitrogens with zero attached hydrogens (tertiary/aromatic N) is 1. The number of hydrogen-bond donors (Lipinski definition) is 1. The van der Waals surface area contributed by atoms with E-state index in [-0.39, 0.29) is 11.9 Å². The number of carbonyl (C=O) groups is 2. The Kier molecular flexibility index (Phi) is 5.14. The lowest BCUT2D eigenvalue weighted by Crippen LogP contribution is -2.50. The second kappa shape index (κ2) is 6.18. The molecule has 0 aliphatic carbocycles. The number of amides is 1. The minimum absolute atomic E-state index is 0.206. The predicted molar refractivity (Wildman–Crippen MR) is 69.1 cm³/mol. The van der Waals surface area contributed by atoms with Crippen LogP contribution >= 0.6 is 0 Å². The van der Waals surface area contributed by atoms with Crippen LogP contribution in [0.25, 0.3) is 0 Å². The van der Waals surface area contributed by atoms with Gasteiger partial charge < -0.3 is 15.0 Å². The molecule has 1 amide bonds. The van der Waals surface area contributed by atoms with Gasteiger partial charge in [-0.05, 0) is 31.3 Å². The largest absolute Gasteiger partial charge is 0.467 e. The molecule has 1 aliphatic heterocycles. The summed E-state index contributed by atoms with van der Waals surface area (Å²) in [6, 6.07) is -0.561. The van der Waals surface area contributed by atoms with Gasteiger partial charge in [-0.2, -0.15) is 0 Å². The SMILES string of the molecule is COC(=O)C(CN1CCC(C)(C)CC1)NC(C)=O. The van der Waals surface area contributed by atoms with Gasteiger partial charge in [-0.25, -0.2) is 4.79 Å². The molecule has 1 aliphatic rings. The highest BCUT2D eigenvalue weighted by Crippen LogP contribution is 2.29. The number of hydrogen-bond acceptors (Lipinski definition) is 4. The van der Waals surface area contributed by atoms with Crippen molar-refractivity contribution in [2.75, 3.05) is 26.7 Å². The first-order valence-corrected chi connectivity index (χ1v) is 6.41. The maximum absolute atomic E-state index is 11.6. The van der Waals surface area contributed by atoms with E-state index in [9.17, 15) is 9.59 Å². The molecule has 0 spiro atoms. The second-order valence-corrected chi connectivity index (χ2v) is 5.74. The van der Waals surface area contributed by atoms with Crippen molar-refractivity contribution >= 4 is 11.9 Å². The average Bonchev–Trinajstić information content (AvgIpc) is 2.29. The number of esters is 1. The van der Waals surface area contributed by atoms with Gasteiger partial charge in [0.25, 0.3) is 0 Å². The normalized spacial score (nSPS) is 21.1. The Hall–Kier alpha value is -1.10. The molecule has 1 atom stereocenters. The Bertz CT molecular complexity index is 305. The number of rotatable bonds is 4. The lowest BCUT2D eigenvalue weighted by Gasteiger charge is -2.38. The molecule has 0 bridgehead atoms. The summed E-state index contributed by atoms with van der Waals surface area (Å²) in [5.41, 5.74) is 0.380. The van der Waals surface area contributed by atoms with Gasteiger partial charge in [0, 0.05) is 13.5 Å². The molecule has 1 saturated heterocycles. The molecule has 0 saturated carbocycles. The standard InChI is InChI=1S/C13H24N2O3/c1-10(16)14-11(12(17)18-4)9-15-7-5-13(2,3)6-8-15/h11H,5-9H2,1-4H3,(H,14,16). The first kappa shape index (κ1) is 15.0. The molecule has 1 heterocycles. The van der Waals surface area contributed by atoms with Gasteiger partial charge in [-0.3, -0.25) is 4.79 Å². The van der Waals surface area contributed by atoms with Gasteiger partial charge in [0.1, 0.15) is 6.04 Å². The molecule has 0 aromatic heterocycles. The molecule has 1 N–H and O–H groups in total. The van der Waals surface area contributed by atoms with Crippen molar-refractivity contribution in [1.82, 2.24) is 10.2 Å². The molecule has 104 valence electrons. The van der Waals surface area contributed by atoms with Crippen molar-refractivity contribution in [2.45, 2.75) is 39.7 Å². The molecule has 5 heteroatoms. The summed E-state index contributed by atoms with van der Waals surface area (Å²) in [7, 11) is 1.34. The van der Waals surface area contributed by atoms with Crippen LogP contribution in [0.5, 0.6) is 0 Å². The summed E-state index contributed by atoms with van der Waals surface area (Å²) in [6.45, 7) is 8.38. The summed E-state index contributed by atoms with van der Waals surface area (Å²) < 4.78 is 4.72. The van der Waals surface area contributed by atoms with Crippen molar-refractivity contribution in [3.05, 3.63) is 0 Å². The highest BCUT2D eigenvalue weighted by atomic mass is 16.5. The van der Waals surface area contributed by atoms with Crippen LogP contribution in [-0.2, 0) is 14.3 Å². The maximum atomic E-state index is 11.6. The van der Waals surface area contributed by atoms with Crippen molar-refractivity contribution in [1.29, 1.82) is 0 Å². The smallest absolute Gasteiger partial charge is 0.329 e. The fourth-order valence-electron chi connectivity index (χ4n) is 2.17. The third-order valence-corrected chi connectivity index (χ3v) is 3.51. The van der Waals surface area contributed by atoms with E-state index in [1.807, 2.05) is 0 Å². The lowest BCUT2D eigenvalue weighted by molar-refractivity contribution is -0.145. The zero-order chi connectivity index (χ0) is 13.8. The first-order valence-electron chi connectivity index (χ1n) is 6.41. The van der Waals surface area contributed by atoms with Crippen LogP contribution in [0.2, 0.25) is 0 Å². The maximum Gasteiger partial charge on any atom is 0.329 e. The van der Waals surface area contributed by atoms with Crippen molar-refractivity contribution < 1.29 is 14.3 Å². The van der Waals surface area contributed by atoms with E-state index < -0.39 is 6.04 Å². The van der Waals surface area contributed by atoms with Crippen LogP contribution in [0.4, 0.5) is 0 Å². The molecule has 1 fully saturated rings. The van der Waals surface area contributed by atoms with Crippen molar-refractivity contribution in [3.8, 4) is 0 Å². The van der Waals surface area contributed by atoms with E-state index >= 15 is 0 Å². The molecular formula is C13H24N2O3. The van der Waals surface area contributed by atoms with Gasteiger partial charge >= 0.3 is 5.97 Å². The first-order chi connectivity index (χ1) is 8.34. The van der Waals surface area contributed by atoms with Crippen LogP contribution in [0.1, 0.15) is 33.6 Å². The van der Waals surface area contributed by atoms with E-state index in [1.165, 1.54) is 14.0 Å². The molecule has 1 rings (SSSR count). The predicted octanol–water partition coefficient (Wildman–Crippen LogP) is 0.786. The number of likely N-dealkylation sites (tertiary alicyclic amines) is 1. The number of carbonyl (C=O) groups excluding carboxylic acids is 2. The van der Waals surface area contributed by atoms with Gasteiger partial charge in [-0.1, -0.05) is 13.8 Å². The van der Waals surface area contributed by atoms with E-state index in [0.29, 0.717) is 12.0 Å². The summed E-state index contributed by atoms with van der Waals surface area (Å²) in [5.74, 6) is -0.585. The second-order valence-electron chi connectivity index (χ2n) is 5.74. The highest BCUT2D eigenvalue weighted by molar-refractivity contribution is 5.83. The molecule has 5 nitrogen and oxygen atoms in total.